The van der Waals surface area contributed by atoms with Gasteiger partial charge in [-0.15, -0.1) is 0 Å². The van der Waals surface area contributed by atoms with Gasteiger partial charge in [0.25, 0.3) is 5.91 Å². The van der Waals surface area contributed by atoms with Gasteiger partial charge in [0.05, 0.1) is 12.3 Å². The van der Waals surface area contributed by atoms with Crippen LogP contribution in [0.1, 0.15) is 15.9 Å². The Bertz CT molecular complexity index is 771. The molecule has 6 heteroatoms. The van der Waals surface area contributed by atoms with E-state index in [9.17, 15) is 9.90 Å². The minimum Gasteiger partial charge on any atom is -0.395 e. The molecule has 0 saturated carbocycles. The molecule has 1 aromatic heterocycles. The Balaban J connectivity index is 1.77. The third-order valence-electron chi connectivity index (χ3n) is 3.67. The first kappa shape index (κ1) is 15.9. The summed E-state index contributed by atoms with van der Waals surface area (Å²) in [6.07, 6.45) is 3.06. The fourth-order valence-corrected chi connectivity index (χ4v) is 2.46. The fourth-order valence-electron chi connectivity index (χ4n) is 2.46. The normalized spacial score (nSPS) is 10.5. The molecule has 0 atom stereocenters. The van der Waals surface area contributed by atoms with Crippen molar-refractivity contribution in [2.75, 3.05) is 13.2 Å². The maximum atomic E-state index is 12.7. The number of amides is 1. The molecule has 1 heterocycles. The summed E-state index contributed by atoms with van der Waals surface area (Å²) in [6, 6.07) is 16.9. The number of hydrogen-bond donors (Lipinski definition) is 1. The Labute approximate surface area is 140 Å². The molecule has 1 N–H and O–H groups in total. The molecule has 6 nitrogen and oxygen atoms in total. The Hall–Kier alpha value is -2.99. The van der Waals surface area contributed by atoms with Crippen molar-refractivity contribution in [2.45, 2.75) is 6.54 Å². The second kappa shape index (κ2) is 7.52. The molecule has 0 aliphatic heterocycles. The minimum atomic E-state index is -0.113. The lowest BCUT2D eigenvalue weighted by Gasteiger charge is -2.22. The van der Waals surface area contributed by atoms with Gasteiger partial charge in [-0.2, -0.15) is 5.10 Å². The SMILES string of the molecule is O=C(c1ccc(-n2cncn2)cc1)N(CCO)Cc1ccccc1. The van der Waals surface area contributed by atoms with Gasteiger partial charge < -0.3 is 10.0 Å². The molecule has 24 heavy (non-hydrogen) atoms. The van der Waals surface area contributed by atoms with Gasteiger partial charge in [0.15, 0.2) is 0 Å². The van der Waals surface area contributed by atoms with E-state index in [-0.39, 0.29) is 12.5 Å². The second-order valence-corrected chi connectivity index (χ2v) is 5.32. The second-order valence-electron chi connectivity index (χ2n) is 5.32. The van der Waals surface area contributed by atoms with Crippen molar-refractivity contribution in [1.29, 1.82) is 0 Å². The molecule has 0 bridgehead atoms. The molecular formula is C18H18N4O2. The van der Waals surface area contributed by atoms with Crippen LogP contribution in [0.15, 0.2) is 67.3 Å². The predicted molar refractivity (Wildman–Crippen MR) is 89.6 cm³/mol. The van der Waals surface area contributed by atoms with E-state index in [2.05, 4.69) is 10.1 Å². The van der Waals surface area contributed by atoms with E-state index in [0.29, 0.717) is 18.7 Å². The molecule has 0 saturated heterocycles. The molecule has 1 amide bonds. The van der Waals surface area contributed by atoms with E-state index in [1.807, 2.05) is 42.5 Å². The highest BCUT2D eigenvalue weighted by molar-refractivity contribution is 5.94. The molecule has 0 unspecified atom stereocenters. The molecule has 2 aromatic carbocycles. The summed E-state index contributed by atoms with van der Waals surface area (Å²) < 4.78 is 1.63. The average molecular weight is 322 g/mol. The van der Waals surface area contributed by atoms with Crippen molar-refractivity contribution in [3.63, 3.8) is 0 Å². The molecule has 0 fully saturated rings. The third kappa shape index (κ3) is 3.67. The van der Waals surface area contributed by atoms with E-state index >= 15 is 0 Å². The van der Waals surface area contributed by atoms with Crippen LogP contribution in [0.3, 0.4) is 0 Å². The fraction of sp³-hybridized carbons (Fsp3) is 0.167. The van der Waals surface area contributed by atoms with Crippen LogP contribution >= 0.6 is 0 Å². The van der Waals surface area contributed by atoms with Crippen LogP contribution in [-0.4, -0.2) is 43.8 Å². The topological polar surface area (TPSA) is 71.2 Å². The predicted octanol–water partition coefficient (Wildman–Crippen LogP) is 1.90. The summed E-state index contributed by atoms with van der Waals surface area (Å²) >= 11 is 0. The van der Waals surface area contributed by atoms with Crippen LogP contribution in [0.4, 0.5) is 0 Å². The summed E-state index contributed by atoms with van der Waals surface area (Å²) in [4.78, 5) is 18.3. The first-order chi connectivity index (χ1) is 11.8. The standard InChI is InChI=1S/C18H18N4O2/c23-11-10-21(12-15-4-2-1-3-5-15)18(24)16-6-8-17(9-7-16)22-14-19-13-20-22/h1-9,13-14,23H,10-12H2. The van der Waals surface area contributed by atoms with Crippen molar-refractivity contribution in [1.82, 2.24) is 19.7 Å². The summed E-state index contributed by atoms with van der Waals surface area (Å²) in [6.45, 7) is 0.680. The van der Waals surface area contributed by atoms with Crippen molar-refractivity contribution < 1.29 is 9.90 Å². The molecule has 0 aliphatic rings. The van der Waals surface area contributed by atoms with Crippen LogP contribution in [0.5, 0.6) is 0 Å². The Morgan fingerprint density at radius 2 is 1.83 bits per heavy atom. The van der Waals surface area contributed by atoms with Gasteiger partial charge in [0.1, 0.15) is 12.7 Å². The summed E-state index contributed by atoms with van der Waals surface area (Å²) in [5, 5.41) is 13.3. The number of hydrogen-bond acceptors (Lipinski definition) is 4. The highest BCUT2D eigenvalue weighted by atomic mass is 16.3. The van der Waals surface area contributed by atoms with Crippen LogP contribution in [0.2, 0.25) is 0 Å². The maximum absolute atomic E-state index is 12.7. The summed E-state index contributed by atoms with van der Waals surface area (Å²) in [5.74, 6) is -0.113. The number of carbonyl (C=O) groups is 1. The summed E-state index contributed by atoms with van der Waals surface area (Å²) in [5.41, 5.74) is 2.43. The molecular weight excluding hydrogens is 304 g/mol. The number of rotatable bonds is 6. The number of aromatic nitrogens is 3. The Morgan fingerprint density at radius 3 is 2.46 bits per heavy atom. The van der Waals surface area contributed by atoms with E-state index in [1.54, 1.807) is 28.0 Å². The molecule has 3 aromatic rings. The first-order valence-electron chi connectivity index (χ1n) is 7.67. The molecule has 0 aliphatic carbocycles. The minimum absolute atomic E-state index is 0.0738. The van der Waals surface area contributed by atoms with E-state index < -0.39 is 0 Å². The quantitative estimate of drug-likeness (QED) is 0.752. The highest BCUT2D eigenvalue weighted by Gasteiger charge is 2.15. The monoisotopic (exact) mass is 322 g/mol. The van der Waals surface area contributed by atoms with Crippen LogP contribution in [-0.2, 0) is 6.54 Å². The number of aliphatic hydroxyl groups excluding tert-OH is 1. The van der Waals surface area contributed by atoms with Gasteiger partial charge >= 0.3 is 0 Å². The van der Waals surface area contributed by atoms with Crippen LogP contribution in [0, 0.1) is 0 Å². The van der Waals surface area contributed by atoms with Crippen molar-refractivity contribution >= 4 is 5.91 Å². The van der Waals surface area contributed by atoms with Gasteiger partial charge in [-0.25, -0.2) is 9.67 Å². The maximum Gasteiger partial charge on any atom is 0.254 e. The van der Waals surface area contributed by atoms with Crippen molar-refractivity contribution in [3.05, 3.63) is 78.4 Å². The number of aliphatic hydroxyl groups is 1. The zero-order chi connectivity index (χ0) is 16.8. The Kier molecular flexibility index (Phi) is 4.98. The lowest BCUT2D eigenvalue weighted by molar-refractivity contribution is 0.0708. The van der Waals surface area contributed by atoms with Crippen LogP contribution < -0.4 is 0 Å². The van der Waals surface area contributed by atoms with Gasteiger partial charge in [-0.1, -0.05) is 30.3 Å². The van der Waals surface area contributed by atoms with E-state index in [0.717, 1.165) is 11.3 Å². The number of benzene rings is 2. The van der Waals surface area contributed by atoms with Gasteiger partial charge in [0, 0.05) is 18.7 Å². The first-order valence-corrected chi connectivity index (χ1v) is 7.67. The van der Waals surface area contributed by atoms with Gasteiger partial charge in [0.2, 0.25) is 0 Å². The zero-order valence-corrected chi connectivity index (χ0v) is 13.1. The summed E-state index contributed by atoms with van der Waals surface area (Å²) in [7, 11) is 0. The number of nitrogens with zero attached hydrogens (tertiary/aromatic N) is 4. The Morgan fingerprint density at radius 1 is 1.08 bits per heavy atom. The van der Waals surface area contributed by atoms with E-state index in [1.165, 1.54) is 6.33 Å². The zero-order valence-electron chi connectivity index (χ0n) is 13.1. The van der Waals surface area contributed by atoms with Gasteiger partial charge in [-0.05, 0) is 29.8 Å². The molecule has 0 spiro atoms. The largest absolute Gasteiger partial charge is 0.395 e. The third-order valence-corrected chi connectivity index (χ3v) is 3.67. The van der Waals surface area contributed by atoms with Crippen LogP contribution in [0.25, 0.3) is 5.69 Å². The lowest BCUT2D eigenvalue weighted by Crippen LogP contribution is -2.33. The van der Waals surface area contributed by atoms with Crippen molar-refractivity contribution in [3.8, 4) is 5.69 Å². The van der Waals surface area contributed by atoms with Crippen molar-refractivity contribution in [2.24, 2.45) is 0 Å². The molecule has 122 valence electrons. The van der Waals surface area contributed by atoms with E-state index in [4.69, 9.17) is 0 Å². The lowest BCUT2D eigenvalue weighted by atomic mass is 10.1. The molecule has 0 radical (unpaired) electrons. The number of carbonyl (C=O) groups excluding carboxylic acids is 1. The highest BCUT2D eigenvalue weighted by Crippen LogP contribution is 2.13. The average Bonchev–Trinajstić information content (AvgIpc) is 3.16. The van der Waals surface area contributed by atoms with Gasteiger partial charge in [-0.3, -0.25) is 4.79 Å². The smallest absolute Gasteiger partial charge is 0.254 e. The molecule has 3 rings (SSSR count).